The maximum Gasteiger partial charge on any atom is 0.242 e. The second-order valence-electron chi connectivity index (χ2n) is 4.76. The number of hydrogen-bond donors (Lipinski definition) is 2. The number of halogens is 2. The van der Waals surface area contributed by atoms with E-state index >= 15 is 0 Å². The van der Waals surface area contributed by atoms with E-state index in [1.165, 1.54) is 24.3 Å². The lowest BCUT2D eigenvalue weighted by atomic mass is 10.2. The van der Waals surface area contributed by atoms with Crippen LogP contribution in [0.25, 0.3) is 0 Å². The van der Waals surface area contributed by atoms with E-state index in [1.807, 2.05) is 0 Å². The van der Waals surface area contributed by atoms with Crippen molar-refractivity contribution in [1.29, 1.82) is 0 Å². The third kappa shape index (κ3) is 4.60. The van der Waals surface area contributed by atoms with Crippen molar-refractivity contribution in [3.8, 4) is 0 Å². The van der Waals surface area contributed by atoms with Crippen molar-refractivity contribution in [2.75, 3.05) is 11.9 Å². The van der Waals surface area contributed by atoms with Gasteiger partial charge in [0.2, 0.25) is 15.9 Å². The molecule has 0 radical (unpaired) electrons. The molecule has 2 rings (SSSR count). The van der Waals surface area contributed by atoms with Crippen LogP contribution >= 0.6 is 15.9 Å². The molecule has 2 aromatic rings. The smallest absolute Gasteiger partial charge is 0.242 e. The topological polar surface area (TPSA) is 75.3 Å². The minimum Gasteiger partial charge on any atom is -0.325 e. The van der Waals surface area contributed by atoms with Crippen LogP contribution in [-0.2, 0) is 14.8 Å². The van der Waals surface area contributed by atoms with Crippen LogP contribution in [-0.4, -0.2) is 20.9 Å². The van der Waals surface area contributed by atoms with Gasteiger partial charge in [-0.15, -0.1) is 0 Å². The quantitative estimate of drug-likeness (QED) is 0.809. The average Bonchev–Trinajstić information content (AvgIpc) is 2.49. The van der Waals surface area contributed by atoms with Crippen molar-refractivity contribution in [3.63, 3.8) is 0 Å². The zero-order chi connectivity index (χ0) is 17.0. The van der Waals surface area contributed by atoms with E-state index in [0.717, 1.165) is 0 Å². The van der Waals surface area contributed by atoms with Gasteiger partial charge in [-0.25, -0.2) is 17.5 Å². The average molecular weight is 401 g/mol. The fourth-order valence-electron chi connectivity index (χ4n) is 1.82. The van der Waals surface area contributed by atoms with Crippen LogP contribution in [0, 0.1) is 12.7 Å². The summed E-state index contributed by atoms with van der Waals surface area (Å²) in [7, 11) is -3.83. The number of carbonyl (C=O) groups is 1. The van der Waals surface area contributed by atoms with E-state index in [1.54, 1.807) is 25.1 Å². The molecule has 0 aliphatic rings. The predicted octanol–water partition coefficient (Wildman–Crippen LogP) is 2.81. The first-order valence-corrected chi connectivity index (χ1v) is 8.87. The number of aryl methyl sites for hydroxylation is 1. The normalized spacial score (nSPS) is 11.3. The summed E-state index contributed by atoms with van der Waals surface area (Å²) in [6.45, 7) is 1.25. The summed E-state index contributed by atoms with van der Waals surface area (Å²) < 4.78 is 40.1. The van der Waals surface area contributed by atoms with Gasteiger partial charge < -0.3 is 5.32 Å². The first kappa shape index (κ1) is 17.6. The van der Waals surface area contributed by atoms with Crippen LogP contribution < -0.4 is 10.0 Å². The number of nitrogens with one attached hydrogen (secondary N) is 2. The Morgan fingerprint density at radius 2 is 1.91 bits per heavy atom. The molecular formula is C15H14BrFN2O3S. The summed E-state index contributed by atoms with van der Waals surface area (Å²) in [6, 6.07) is 10.2. The van der Waals surface area contributed by atoms with Crippen LogP contribution in [0.2, 0.25) is 0 Å². The number of amides is 1. The minimum absolute atomic E-state index is 0.0368. The molecule has 2 N–H and O–H groups in total. The molecule has 5 nitrogen and oxygen atoms in total. The number of hydrogen-bond acceptors (Lipinski definition) is 3. The summed E-state index contributed by atoms with van der Waals surface area (Å²) in [6.07, 6.45) is 0. The molecule has 0 unspecified atom stereocenters. The Balaban J connectivity index is 2.04. The monoisotopic (exact) mass is 400 g/mol. The van der Waals surface area contributed by atoms with Crippen molar-refractivity contribution in [3.05, 3.63) is 58.3 Å². The molecule has 0 fully saturated rings. The third-order valence-electron chi connectivity index (χ3n) is 3.02. The molecule has 1 amide bonds. The molecule has 0 saturated carbocycles. The lowest BCUT2D eigenvalue weighted by molar-refractivity contribution is -0.115. The molecule has 0 aliphatic carbocycles. The van der Waals surface area contributed by atoms with Gasteiger partial charge in [0.05, 0.1) is 11.4 Å². The first-order valence-electron chi connectivity index (χ1n) is 6.60. The number of carbonyl (C=O) groups excluding carboxylic acids is 1. The third-order valence-corrected chi connectivity index (χ3v) is 5.44. The molecule has 0 atom stereocenters. The molecule has 2 aromatic carbocycles. The van der Waals surface area contributed by atoms with E-state index in [4.69, 9.17) is 0 Å². The Kier molecular flexibility index (Phi) is 5.51. The number of rotatable bonds is 5. The zero-order valence-electron chi connectivity index (χ0n) is 12.1. The highest BCUT2D eigenvalue weighted by molar-refractivity contribution is 9.10. The summed E-state index contributed by atoms with van der Waals surface area (Å²) in [4.78, 5) is 11.9. The van der Waals surface area contributed by atoms with Crippen LogP contribution in [0.15, 0.2) is 51.8 Å². The van der Waals surface area contributed by atoms with Crippen LogP contribution in [0.3, 0.4) is 0 Å². The lowest BCUT2D eigenvalue weighted by Gasteiger charge is -2.10. The molecule has 0 heterocycles. The fourth-order valence-corrected chi connectivity index (χ4v) is 3.81. The molecule has 0 aromatic heterocycles. The van der Waals surface area contributed by atoms with E-state index in [9.17, 15) is 17.6 Å². The minimum atomic E-state index is -3.83. The van der Waals surface area contributed by atoms with E-state index in [2.05, 4.69) is 26.0 Å². The summed E-state index contributed by atoms with van der Waals surface area (Å²) in [5.41, 5.74) is 0.975. The first-order chi connectivity index (χ1) is 10.8. The molecule has 0 bridgehead atoms. The second-order valence-corrected chi connectivity index (χ2v) is 7.35. The maximum absolute atomic E-state index is 13.2. The van der Waals surface area contributed by atoms with Crippen molar-refractivity contribution in [2.24, 2.45) is 0 Å². The van der Waals surface area contributed by atoms with Gasteiger partial charge in [-0.1, -0.05) is 18.2 Å². The number of benzene rings is 2. The number of sulfonamides is 1. The van der Waals surface area contributed by atoms with Crippen LogP contribution in [0.4, 0.5) is 10.1 Å². The summed E-state index contributed by atoms with van der Waals surface area (Å²) >= 11 is 3.15. The highest BCUT2D eigenvalue weighted by Gasteiger charge is 2.18. The molecule has 8 heteroatoms. The van der Waals surface area contributed by atoms with Gasteiger partial charge in [-0.2, -0.15) is 0 Å². The van der Waals surface area contributed by atoms with Crippen molar-refractivity contribution < 1.29 is 17.6 Å². The van der Waals surface area contributed by atoms with Gasteiger partial charge in [0.25, 0.3) is 0 Å². The Morgan fingerprint density at radius 1 is 1.22 bits per heavy atom. The van der Waals surface area contributed by atoms with Gasteiger partial charge in [0.1, 0.15) is 5.82 Å². The fraction of sp³-hybridized carbons (Fsp3) is 0.133. The van der Waals surface area contributed by atoms with Gasteiger partial charge in [0, 0.05) is 10.2 Å². The largest absolute Gasteiger partial charge is 0.325 e. The van der Waals surface area contributed by atoms with Gasteiger partial charge in [0.15, 0.2) is 0 Å². The Labute approximate surface area is 142 Å². The number of anilines is 1. The summed E-state index contributed by atoms with van der Waals surface area (Å²) in [5, 5.41) is 2.47. The van der Waals surface area contributed by atoms with Gasteiger partial charge in [-0.05, 0) is 52.7 Å². The molecular weight excluding hydrogens is 387 g/mol. The van der Waals surface area contributed by atoms with Gasteiger partial charge >= 0.3 is 0 Å². The summed E-state index contributed by atoms with van der Waals surface area (Å²) in [5.74, 6) is -1.07. The van der Waals surface area contributed by atoms with E-state index in [0.29, 0.717) is 15.7 Å². The van der Waals surface area contributed by atoms with Gasteiger partial charge in [-0.3, -0.25) is 4.79 Å². The maximum atomic E-state index is 13.2. The van der Waals surface area contributed by atoms with E-state index < -0.39 is 28.3 Å². The highest BCUT2D eigenvalue weighted by atomic mass is 79.9. The Morgan fingerprint density at radius 3 is 2.61 bits per heavy atom. The predicted molar refractivity (Wildman–Crippen MR) is 89.1 cm³/mol. The molecule has 0 spiro atoms. The van der Waals surface area contributed by atoms with E-state index in [-0.39, 0.29) is 4.90 Å². The second kappa shape index (κ2) is 7.20. The molecule has 122 valence electrons. The molecule has 0 aliphatic heterocycles. The zero-order valence-corrected chi connectivity index (χ0v) is 14.5. The lowest BCUT2D eigenvalue weighted by Crippen LogP contribution is -2.33. The molecule has 0 saturated heterocycles. The van der Waals surface area contributed by atoms with Crippen molar-refractivity contribution >= 4 is 37.5 Å². The van der Waals surface area contributed by atoms with Crippen molar-refractivity contribution in [2.45, 2.75) is 11.8 Å². The molecule has 23 heavy (non-hydrogen) atoms. The van der Waals surface area contributed by atoms with Crippen molar-refractivity contribution in [1.82, 2.24) is 4.72 Å². The standard InChI is InChI=1S/C15H14BrFN2O3S/c1-10-6-7-11(17)8-13(10)19-15(20)9-18-23(21,22)14-5-3-2-4-12(14)16/h2-8,18H,9H2,1H3,(H,19,20). The van der Waals surface area contributed by atoms with Crippen LogP contribution in [0.5, 0.6) is 0 Å². The highest BCUT2D eigenvalue weighted by Crippen LogP contribution is 2.20. The van der Waals surface area contributed by atoms with Crippen LogP contribution in [0.1, 0.15) is 5.56 Å². The SMILES string of the molecule is Cc1ccc(F)cc1NC(=O)CNS(=O)(=O)c1ccccc1Br. The Hall–Kier alpha value is -1.77. The Bertz CT molecular complexity index is 840.